The lowest BCUT2D eigenvalue weighted by molar-refractivity contribution is 1.18. The van der Waals surface area contributed by atoms with Crippen molar-refractivity contribution in [1.29, 1.82) is 0 Å². The summed E-state index contributed by atoms with van der Waals surface area (Å²) in [6.07, 6.45) is 1.89. The van der Waals surface area contributed by atoms with Crippen LogP contribution in [0.25, 0.3) is 99.2 Å². The van der Waals surface area contributed by atoms with E-state index in [1.54, 1.807) is 11.3 Å². The number of thiophene rings is 1. The van der Waals surface area contributed by atoms with Gasteiger partial charge in [0.05, 0.1) is 33.0 Å². The van der Waals surface area contributed by atoms with Crippen LogP contribution in [-0.4, -0.2) is 24.9 Å². The first-order valence-electron chi connectivity index (χ1n) is 18.2. The Balaban J connectivity index is 1.06. The van der Waals surface area contributed by atoms with Gasteiger partial charge in [-0.3, -0.25) is 4.98 Å². The van der Waals surface area contributed by atoms with E-state index in [2.05, 4.69) is 140 Å². The van der Waals surface area contributed by atoms with E-state index in [-0.39, 0.29) is 0 Å². The minimum Gasteiger partial charge on any atom is -0.256 e. The van der Waals surface area contributed by atoms with E-state index in [1.807, 2.05) is 48.7 Å². The highest BCUT2D eigenvalue weighted by atomic mass is 32.1. The molecule has 6 aromatic carbocycles. The van der Waals surface area contributed by atoms with Gasteiger partial charge in [0.25, 0.3) is 0 Å². The quantitative estimate of drug-likeness (QED) is 0.164. The lowest BCUT2D eigenvalue weighted by Gasteiger charge is -2.11. The van der Waals surface area contributed by atoms with Crippen LogP contribution in [0.15, 0.2) is 188 Å². The van der Waals surface area contributed by atoms with Gasteiger partial charge in [-0.2, -0.15) is 0 Å². The van der Waals surface area contributed by atoms with E-state index >= 15 is 0 Å². The lowest BCUT2D eigenvalue weighted by atomic mass is 10.0. The SMILES string of the molecule is c1ccc(-c2ccc(-c3cc(-c4ccc(-c5ccccc5)nc4)nc(-c4ccc(-c5nc(-c6ccccc6)c6sc7ccccc7c6n5)cc4)n3)cc2)cc1. The first-order chi connectivity index (χ1) is 27.2. The Morgan fingerprint density at radius 3 is 1.49 bits per heavy atom. The van der Waals surface area contributed by atoms with E-state index in [9.17, 15) is 0 Å². The Hall–Kier alpha value is -7.15. The van der Waals surface area contributed by atoms with Crippen molar-refractivity contribution in [3.63, 3.8) is 0 Å². The Bertz CT molecular complexity index is 2830. The maximum atomic E-state index is 5.17. The smallest absolute Gasteiger partial charge is 0.160 e. The molecule has 258 valence electrons. The predicted octanol–water partition coefficient (Wildman–Crippen LogP) is 12.7. The Kier molecular flexibility index (Phi) is 8.28. The minimum atomic E-state index is 0.628. The van der Waals surface area contributed by atoms with E-state index < -0.39 is 0 Å². The van der Waals surface area contributed by atoms with Crippen molar-refractivity contribution in [2.75, 3.05) is 0 Å². The summed E-state index contributed by atoms with van der Waals surface area (Å²) >= 11 is 1.74. The molecule has 10 aromatic rings. The van der Waals surface area contributed by atoms with Crippen LogP contribution in [0.2, 0.25) is 0 Å². The van der Waals surface area contributed by atoms with Crippen LogP contribution in [0.5, 0.6) is 0 Å². The van der Waals surface area contributed by atoms with Crippen molar-refractivity contribution >= 4 is 31.6 Å². The molecule has 0 spiro atoms. The summed E-state index contributed by atoms with van der Waals surface area (Å²) in [7, 11) is 0. The van der Waals surface area contributed by atoms with Gasteiger partial charge in [0.1, 0.15) is 0 Å². The minimum absolute atomic E-state index is 0.628. The molecule has 4 aromatic heterocycles. The van der Waals surface area contributed by atoms with Crippen LogP contribution < -0.4 is 0 Å². The summed E-state index contributed by atoms with van der Waals surface area (Å²) in [5.41, 5.74) is 12.7. The fraction of sp³-hybridized carbons (Fsp3) is 0. The van der Waals surface area contributed by atoms with E-state index in [0.29, 0.717) is 11.6 Å². The molecule has 0 bridgehead atoms. The number of pyridine rings is 1. The second kappa shape index (κ2) is 14.0. The van der Waals surface area contributed by atoms with Crippen molar-refractivity contribution in [1.82, 2.24) is 24.9 Å². The Morgan fingerprint density at radius 2 is 0.836 bits per heavy atom. The van der Waals surface area contributed by atoms with Gasteiger partial charge in [-0.1, -0.05) is 158 Å². The molecule has 0 aliphatic rings. The van der Waals surface area contributed by atoms with Gasteiger partial charge in [-0.05, 0) is 35.4 Å². The van der Waals surface area contributed by atoms with Gasteiger partial charge in [0, 0.05) is 49.7 Å². The maximum Gasteiger partial charge on any atom is 0.160 e. The third-order valence-corrected chi connectivity index (χ3v) is 11.0. The third-order valence-electron chi connectivity index (χ3n) is 9.81. The average Bonchev–Trinajstić information content (AvgIpc) is 3.66. The summed E-state index contributed by atoms with van der Waals surface area (Å²) in [4.78, 5) is 25.4. The molecule has 0 N–H and O–H groups in total. The van der Waals surface area contributed by atoms with Gasteiger partial charge in [-0.15, -0.1) is 11.3 Å². The van der Waals surface area contributed by atoms with Gasteiger partial charge in [0.15, 0.2) is 11.6 Å². The van der Waals surface area contributed by atoms with Crippen LogP contribution in [0, 0.1) is 0 Å². The molecule has 4 heterocycles. The van der Waals surface area contributed by atoms with Crippen LogP contribution >= 0.6 is 11.3 Å². The predicted molar refractivity (Wildman–Crippen MR) is 226 cm³/mol. The van der Waals surface area contributed by atoms with Crippen LogP contribution in [0.3, 0.4) is 0 Å². The third kappa shape index (κ3) is 6.35. The number of benzene rings is 6. The summed E-state index contributed by atoms with van der Waals surface area (Å²) < 4.78 is 2.29. The fourth-order valence-electron chi connectivity index (χ4n) is 6.94. The van der Waals surface area contributed by atoms with Gasteiger partial charge in [-0.25, -0.2) is 19.9 Å². The first-order valence-corrected chi connectivity index (χ1v) is 19.0. The van der Waals surface area contributed by atoms with E-state index in [1.165, 1.54) is 10.3 Å². The first kappa shape index (κ1) is 32.5. The van der Waals surface area contributed by atoms with Gasteiger partial charge < -0.3 is 0 Å². The zero-order valence-corrected chi connectivity index (χ0v) is 30.4. The second-order valence-corrected chi connectivity index (χ2v) is 14.4. The molecule has 0 aliphatic carbocycles. The van der Waals surface area contributed by atoms with Crippen molar-refractivity contribution in [3.05, 3.63) is 188 Å². The largest absolute Gasteiger partial charge is 0.256 e. The fourth-order valence-corrected chi connectivity index (χ4v) is 8.09. The summed E-state index contributed by atoms with van der Waals surface area (Å²) in [6, 6.07) is 62.4. The molecular weight excluding hydrogens is 691 g/mol. The molecule has 0 radical (unpaired) electrons. The number of rotatable bonds is 7. The van der Waals surface area contributed by atoms with E-state index in [4.69, 9.17) is 24.9 Å². The van der Waals surface area contributed by atoms with Crippen LogP contribution in [0.1, 0.15) is 0 Å². The van der Waals surface area contributed by atoms with Crippen LogP contribution in [-0.2, 0) is 0 Å². The highest BCUT2D eigenvalue weighted by Gasteiger charge is 2.17. The number of hydrogen-bond acceptors (Lipinski definition) is 6. The Labute approximate surface area is 322 Å². The molecule has 55 heavy (non-hydrogen) atoms. The van der Waals surface area contributed by atoms with Crippen LogP contribution in [0.4, 0.5) is 0 Å². The highest BCUT2D eigenvalue weighted by Crippen LogP contribution is 2.39. The lowest BCUT2D eigenvalue weighted by Crippen LogP contribution is -1.97. The molecular formula is C49H31N5S. The van der Waals surface area contributed by atoms with Crippen molar-refractivity contribution in [2.24, 2.45) is 0 Å². The number of aromatic nitrogens is 5. The van der Waals surface area contributed by atoms with E-state index in [0.717, 1.165) is 77.3 Å². The molecule has 5 nitrogen and oxygen atoms in total. The zero-order chi connectivity index (χ0) is 36.6. The zero-order valence-electron chi connectivity index (χ0n) is 29.5. The molecule has 0 aliphatic heterocycles. The second-order valence-electron chi connectivity index (χ2n) is 13.3. The molecule has 6 heteroatoms. The Morgan fingerprint density at radius 1 is 0.345 bits per heavy atom. The van der Waals surface area contributed by atoms with Crippen molar-refractivity contribution in [3.8, 4) is 78.9 Å². The van der Waals surface area contributed by atoms with Crippen molar-refractivity contribution in [2.45, 2.75) is 0 Å². The monoisotopic (exact) mass is 721 g/mol. The highest BCUT2D eigenvalue weighted by molar-refractivity contribution is 7.26. The summed E-state index contributed by atoms with van der Waals surface area (Å²) in [5.74, 6) is 1.31. The van der Waals surface area contributed by atoms with Crippen molar-refractivity contribution < 1.29 is 0 Å². The number of fused-ring (bicyclic) bond motifs is 3. The van der Waals surface area contributed by atoms with Gasteiger partial charge in [0.2, 0.25) is 0 Å². The molecule has 0 atom stereocenters. The topological polar surface area (TPSA) is 64.5 Å². The number of nitrogens with zero attached hydrogens (tertiary/aromatic N) is 5. The molecule has 0 saturated carbocycles. The molecule has 0 saturated heterocycles. The van der Waals surface area contributed by atoms with Gasteiger partial charge >= 0.3 is 0 Å². The average molecular weight is 722 g/mol. The standard InChI is InChI=1S/C49H31N5S/c1-4-12-32(13-5-1)33-20-22-35(23-21-33)42-30-43(39-28-29-41(50-31-39)34-14-6-2-7-15-34)52-48(51-42)37-24-26-38(27-25-37)49-53-45(36-16-8-3-9-17-36)47-46(54-49)40-18-10-11-19-44(40)55-47/h1-31H. The molecule has 10 rings (SSSR count). The molecule has 0 fully saturated rings. The summed E-state index contributed by atoms with van der Waals surface area (Å²) in [6.45, 7) is 0. The maximum absolute atomic E-state index is 5.17. The molecule has 0 unspecified atom stereocenters. The number of hydrogen-bond donors (Lipinski definition) is 0. The normalized spacial score (nSPS) is 11.3. The molecule has 0 amide bonds. The summed E-state index contributed by atoms with van der Waals surface area (Å²) in [5, 5.41) is 1.14.